The number of hydrogen-bond acceptors (Lipinski definition) is 2. The highest BCUT2D eigenvalue weighted by atomic mass is 16.3. The van der Waals surface area contributed by atoms with Gasteiger partial charge in [0.25, 0.3) is 0 Å². The number of amides is 1. The Bertz CT molecular complexity index is 174. The zero-order chi connectivity index (χ0) is 10.4. The van der Waals surface area contributed by atoms with E-state index in [9.17, 15) is 4.79 Å². The summed E-state index contributed by atoms with van der Waals surface area (Å²) in [6, 6.07) is 0.386. The summed E-state index contributed by atoms with van der Waals surface area (Å²) in [5, 5.41) is 11.8. The molecule has 1 amide bonds. The first-order valence-electron chi connectivity index (χ1n) is 5.66. The molecule has 2 N–H and O–H groups in total. The molecular formula is C11H21NO2. The second-order valence-electron chi connectivity index (χ2n) is 4.15. The minimum Gasteiger partial charge on any atom is -0.396 e. The average molecular weight is 199 g/mol. The van der Waals surface area contributed by atoms with Crippen molar-refractivity contribution in [2.45, 2.75) is 51.5 Å². The highest BCUT2D eigenvalue weighted by molar-refractivity contribution is 5.75. The standard InChI is InChI=1S/C11H21NO2/c1-2-11(14)12-10-5-3-9(4-6-10)7-8-13/h9-10,13H,2-8H2,1H3,(H,12,14). The Hall–Kier alpha value is -0.570. The highest BCUT2D eigenvalue weighted by Gasteiger charge is 2.21. The normalized spacial score (nSPS) is 27.3. The smallest absolute Gasteiger partial charge is 0.219 e. The van der Waals surface area contributed by atoms with Gasteiger partial charge < -0.3 is 10.4 Å². The Morgan fingerprint density at radius 1 is 1.36 bits per heavy atom. The molecule has 14 heavy (non-hydrogen) atoms. The topological polar surface area (TPSA) is 49.3 Å². The van der Waals surface area contributed by atoms with E-state index in [0.717, 1.165) is 32.1 Å². The first-order valence-corrected chi connectivity index (χ1v) is 5.66. The Morgan fingerprint density at radius 3 is 2.50 bits per heavy atom. The van der Waals surface area contributed by atoms with Crippen LogP contribution in [0.1, 0.15) is 45.4 Å². The van der Waals surface area contributed by atoms with Crippen LogP contribution in [0.4, 0.5) is 0 Å². The number of carbonyl (C=O) groups is 1. The van der Waals surface area contributed by atoms with Crippen molar-refractivity contribution in [2.75, 3.05) is 6.61 Å². The van der Waals surface area contributed by atoms with Crippen LogP contribution < -0.4 is 5.32 Å². The first-order chi connectivity index (χ1) is 6.76. The van der Waals surface area contributed by atoms with Crippen molar-refractivity contribution in [1.82, 2.24) is 5.32 Å². The van der Waals surface area contributed by atoms with Gasteiger partial charge >= 0.3 is 0 Å². The van der Waals surface area contributed by atoms with Gasteiger partial charge in [0.1, 0.15) is 0 Å². The lowest BCUT2D eigenvalue weighted by Crippen LogP contribution is -2.37. The number of aliphatic hydroxyl groups is 1. The van der Waals surface area contributed by atoms with Crippen molar-refractivity contribution in [2.24, 2.45) is 5.92 Å². The lowest BCUT2D eigenvalue weighted by molar-refractivity contribution is -0.121. The van der Waals surface area contributed by atoms with Gasteiger partial charge in [-0.05, 0) is 38.0 Å². The molecule has 1 rings (SSSR count). The molecule has 0 radical (unpaired) electrons. The van der Waals surface area contributed by atoms with E-state index in [1.165, 1.54) is 0 Å². The summed E-state index contributed by atoms with van der Waals surface area (Å²) in [5.74, 6) is 0.838. The van der Waals surface area contributed by atoms with Gasteiger partial charge in [-0.15, -0.1) is 0 Å². The van der Waals surface area contributed by atoms with Crippen molar-refractivity contribution in [3.05, 3.63) is 0 Å². The van der Waals surface area contributed by atoms with Crippen LogP contribution in [0.2, 0.25) is 0 Å². The number of aliphatic hydroxyl groups excluding tert-OH is 1. The molecule has 0 saturated heterocycles. The predicted octanol–water partition coefficient (Wildman–Crippen LogP) is 1.45. The molecule has 0 aromatic heterocycles. The first kappa shape index (κ1) is 11.5. The van der Waals surface area contributed by atoms with Gasteiger partial charge in [0, 0.05) is 19.1 Å². The molecular weight excluding hydrogens is 178 g/mol. The van der Waals surface area contributed by atoms with Crippen LogP contribution in [0.25, 0.3) is 0 Å². The molecule has 0 bridgehead atoms. The second kappa shape index (κ2) is 6.02. The molecule has 3 heteroatoms. The zero-order valence-corrected chi connectivity index (χ0v) is 8.96. The molecule has 82 valence electrons. The lowest BCUT2D eigenvalue weighted by atomic mass is 9.84. The van der Waals surface area contributed by atoms with Crippen LogP contribution in [-0.4, -0.2) is 23.7 Å². The van der Waals surface area contributed by atoms with Crippen molar-refractivity contribution < 1.29 is 9.90 Å². The Balaban J connectivity index is 2.18. The van der Waals surface area contributed by atoms with Crippen molar-refractivity contribution in [3.8, 4) is 0 Å². The highest BCUT2D eigenvalue weighted by Crippen LogP contribution is 2.26. The van der Waals surface area contributed by atoms with Crippen LogP contribution >= 0.6 is 0 Å². The largest absolute Gasteiger partial charge is 0.396 e. The van der Waals surface area contributed by atoms with Gasteiger partial charge in [0.15, 0.2) is 0 Å². The summed E-state index contributed by atoms with van der Waals surface area (Å²) in [6.45, 7) is 2.18. The minimum absolute atomic E-state index is 0.163. The van der Waals surface area contributed by atoms with Gasteiger partial charge in [0.2, 0.25) is 5.91 Å². The van der Waals surface area contributed by atoms with Crippen LogP contribution in [-0.2, 0) is 4.79 Å². The molecule has 0 aromatic carbocycles. The summed E-state index contributed by atoms with van der Waals surface area (Å²) in [5.41, 5.74) is 0. The fourth-order valence-electron chi connectivity index (χ4n) is 2.11. The Kier molecular flexibility index (Phi) is 4.94. The van der Waals surface area contributed by atoms with Crippen molar-refractivity contribution in [3.63, 3.8) is 0 Å². The van der Waals surface area contributed by atoms with E-state index in [1.54, 1.807) is 0 Å². The van der Waals surface area contributed by atoms with E-state index >= 15 is 0 Å². The molecule has 0 heterocycles. The van der Waals surface area contributed by atoms with Gasteiger partial charge in [-0.25, -0.2) is 0 Å². The summed E-state index contributed by atoms with van der Waals surface area (Å²) < 4.78 is 0. The van der Waals surface area contributed by atoms with E-state index in [0.29, 0.717) is 25.0 Å². The molecule has 0 spiro atoms. The summed E-state index contributed by atoms with van der Waals surface area (Å²) in [4.78, 5) is 11.1. The number of nitrogens with one attached hydrogen (secondary N) is 1. The van der Waals surface area contributed by atoms with Crippen LogP contribution in [0, 0.1) is 5.92 Å². The molecule has 0 aliphatic heterocycles. The number of carbonyl (C=O) groups excluding carboxylic acids is 1. The maximum absolute atomic E-state index is 11.1. The van der Waals surface area contributed by atoms with Crippen molar-refractivity contribution >= 4 is 5.91 Å². The van der Waals surface area contributed by atoms with E-state index in [4.69, 9.17) is 5.11 Å². The third kappa shape index (κ3) is 3.66. The zero-order valence-electron chi connectivity index (χ0n) is 8.96. The molecule has 1 aliphatic rings. The predicted molar refractivity (Wildman–Crippen MR) is 55.9 cm³/mol. The van der Waals surface area contributed by atoms with E-state index in [2.05, 4.69) is 5.32 Å². The van der Waals surface area contributed by atoms with Gasteiger partial charge in [-0.1, -0.05) is 6.92 Å². The fourth-order valence-corrected chi connectivity index (χ4v) is 2.11. The maximum atomic E-state index is 11.1. The molecule has 1 saturated carbocycles. The SMILES string of the molecule is CCC(=O)NC1CCC(CCO)CC1. The second-order valence-corrected chi connectivity index (χ2v) is 4.15. The summed E-state index contributed by atoms with van der Waals surface area (Å²) in [7, 11) is 0. The average Bonchev–Trinajstić information content (AvgIpc) is 2.21. The summed E-state index contributed by atoms with van der Waals surface area (Å²) >= 11 is 0. The maximum Gasteiger partial charge on any atom is 0.219 e. The van der Waals surface area contributed by atoms with E-state index in [1.807, 2.05) is 6.92 Å². The molecule has 0 atom stereocenters. The quantitative estimate of drug-likeness (QED) is 0.720. The van der Waals surface area contributed by atoms with Crippen molar-refractivity contribution in [1.29, 1.82) is 0 Å². The Morgan fingerprint density at radius 2 is 2.00 bits per heavy atom. The lowest BCUT2D eigenvalue weighted by Gasteiger charge is -2.28. The molecule has 1 fully saturated rings. The molecule has 3 nitrogen and oxygen atoms in total. The van der Waals surface area contributed by atoms with Gasteiger partial charge in [-0.3, -0.25) is 4.79 Å². The minimum atomic E-state index is 0.163. The van der Waals surface area contributed by atoms with Gasteiger partial charge in [0.05, 0.1) is 0 Å². The number of rotatable bonds is 4. The third-order valence-electron chi connectivity index (χ3n) is 3.07. The van der Waals surface area contributed by atoms with E-state index < -0.39 is 0 Å². The fraction of sp³-hybridized carbons (Fsp3) is 0.909. The molecule has 0 aromatic rings. The van der Waals surface area contributed by atoms with Gasteiger partial charge in [-0.2, -0.15) is 0 Å². The molecule has 0 unspecified atom stereocenters. The van der Waals surface area contributed by atoms with Crippen LogP contribution in [0.3, 0.4) is 0 Å². The number of hydrogen-bond donors (Lipinski definition) is 2. The Labute approximate surface area is 85.9 Å². The van der Waals surface area contributed by atoms with Crippen LogP contribution in [0.15, 0.2) is 0 Å². The van der Waals surface area contributed by atoms with E-state index in [-0.39, 0.29) is 5.91 Å². The van der Waals surface area contributed by atoms with Crippen LogP contribution in [0.5, 0.6) is 0 Å². The third-order valence-corrected chi connectivity index (χ3v) is 3.07. The molecule has 1 aliphatic carbocycles. The monoisotopic (exact) mass is 199 g/mol. The summed E-state index contributed by atoms with van der Waals surface area (Å²) in [6.07, 6.45) is 5.96.